The molecule has 5 heteroatoms. The van der Waals surface area contributed by atoms with Crippen LogP contribution in [0, 0.1) is 0 Å². The molecule has 92 valence electrons. The van der Waals surface area contributed by atoms with Gasteiger partial charge in [-0.1, -0.05) is 20.8 Å². The van der Waals surface area contributed by atoms with Gasteiger partial charge in [-0.2, -0.15) is 5.10 Å². The van der Waals surface area contributed by atoms with E-state index in [4.69, 9.17) is 5.73 Å². The van der Waals surface area contributed by atoms with E-state index in [2.05, 4.69) is 5.10 Å². The standard InChI is InChI=1S/C11H19F2N3/c1-11(2,3)9-7(6-16(4)15-9)5-8(14)10(12)13/h6,8,10H,5,14H2,1-4H3. The van der Waals surface area contributed by atoms with Crippen LogP contribution >= 0.6 is 0 Å². The summed E-state index contributed by atoms with van der Waals surface area (Å²) in [4.78, 5) is 0. The molecule has 1 aromatic rings. The SMILES string of the molecule is Cn1cc(CC(N)C(F)F)c(C(C)(C)C)n1. The molecule has 0 aliphatic carbocycles. The number of aryl methyl sites for hydroxylation is 1. The second-order valence-electron chi connectivity index (χ2n) is 5.13. The summed E-state index contributed by atoms with van der Waals surface area (Å²) in [6.45, 7) is 6.02. The molecule has 0 radical (unpaired) electrons. The van der Waals surface area contributed by atoms with Crippen molar-refractivity contribution in [2.75, 3.05) is 0 Å². The summed E-state index contributed by atoms with van der Waals surface area (Å²) in [5.41, 5.74) is 6.88. The van der Waals surface area contributed by atoms with Gasteiger partial charge in [0.05, 0.1) is 11.7 Å². The van der Waals surface area contributed by atoms with Crippen LogP contribution in [-0.2, 0) is 18.9 Å². The lowest BCUT2D eigenvalue weighted by Gasteiger charge is -2.18. The van der Waals surface area contributed by atoms with E-state index in [1.54, 1.807) is 17.9 Å². The highest BCUT2D eigenvalue weighted by Crippen LogP contribution is 2.25. The number of aromatic nitrogens is 2. The molecule has 2 N–H and O–H groups in total. The molecule has 1 atom stereocenters. The first-order valence-corrected chi connectivity index (χ1v) is 5.28. The van der Waals surface area contributed by atoms with Gasteiger partial charge in [-0.3, -0.25) is 4.68 Å². The fraction of sp³-hybridized carbons (Fsp3) is 0.727. The molecule has 3 nitrogen and oxygen atoms in total. The van der Waals surface area contributed by atoms with Crippen LogP contribution in [0.3, 0.4) is 0 Å². The Morgan fingerprint density at radius 1 is 1.44 bits per heavy atom. The monoisotopic (exact) mass is 231 g/mol. The number of alkyl halides is 2. The second kappa shape index (κ2) is 4.49. The van der Waals surface area contributed by atoms with Gasteiger partial charge >= 0.3 is 0 Å². The van der Waals surface area contributed by atoms with Crippen molar-refractivity contribution in [3.63, 3.8) is 0 Å². The Bertz CT molecular complexity index is 353. The van der Waals surface area contributed by atoms with E-state index in [0.717, 1.165) is 11.3 Å². The van der Waals surface area contributed by atoms with Crippen LogP contribution in [0.25, 0.3) is 0 Å². The van der Waals surface area contributed by atoms with Gasteiger partial charge in [-0.05, 0) is 12.0 Å². The third-order valence-corrected chi connectivity index (χ3v) is 2.39. The maximum Gasteiger partial charge on any atom is 0.253 e. The lowest BCUT2D eigenvalue weighted by molar-refractivity contribution is 0.116. The third kappa shape index (κ3) is 3.01. The fourth-order valence-corrected chi connectivity index (χ4v) is 1.66. The summed E-state index contributed by atoms with van der Waals surface area (Å²) >= 11 is 0. The predicted molar refractivity (Wildman–Crippen MR) is 59.6 cm³/mol. The normalized spacial score (nSPS) is 14.5. The third-order valence-electron chi connectivity index (χ3n) is 2.39. The first-order valence-electron chi connectivity index (χ1n) is 5.28. The minimum Gasteiger partial charge on any atom is -0.323 e. The molecule has 1 aromatic heterocycles. The number of nitrogens with two attached hydrogens (primary N) is 1. The zero-order valence-electron chi connectivity index (χ0n) is 10.2. The summed E-state index contributed by atoms with van der Waals surface area (Å²) in [7, 11) is 1.78. The maximum atomic E-state index is 12.4. The molecule has 0 saturated carbocycles. The van der Waals surface area contributed by atoms with E-state index in [1.807, 2.05) is 20.8 Å². The van der Waals surface area contributed by atoms with Gasteiger partial charge in [0.25, 0.3) is 6.43 Å². The van der Waals surface area contributed by atoms with Crippen molar-refractivity contribution in [1.82, 2.24) is 9.78 Å². The van der Waals surface area contributed by atoms with Gasteiger partial charge in [-0.25, -0.2) is 8.78 Å². The van der Waals surface area contributed by atoms with Gasteiger partial charge in [0.2, 0.25) is 0 Å². The van der Waals surface area contributed by atoms with Crippen LogP contribution in [0.15, 0.2) is 6.20 Å². The van der Waals surface area contributed by atoms with E-state index >= 15 is 0 Å². The Labute approximate surface area is 94.6 Å². The van der Waals surface area contributed by atoms with Crippen LogP contribution in [0.5, 0.6) is 0 Å². The van der Waals surface area contributed by atoms with E-state index in [9.17, 15) is 8.78 Å². The quantitative estimate of drug-likeness (QED) is 0.862. The lowest BCUT2D eigenvalue weighted by Crippen LogP contribution is -2.31. The highest BCUT2D eigenvalue weighted by atomic mass is 19.3. The Kier molecular flexibility index (Phi) is 3.68. The van der Waals surface area contributed by atoms with Gasteiger partial charge in [0.15, 0.2) is 0 Å². The molecule has 0 spiro atoms. The van der Waals surface area contributed by atoms with Gasteiger partial charge in [0.1, 0.15) is 0 Å². The molecular weight excluding hydrogens is 212 g/mol. The van der Waals surface area contributed by atoms with Crippen molar-refractivity contribution in [3.8, 4) is 0 Å². The second-order valence-corrected chi connectivity index (χ2v) is 5.13. The molecule has 0 amide bonds. The molecule has 0 saturated heterocycles. The molecule has 0 aliphatic rings. The van der Waals surface area contributed by atoms with Crippen LogP contribution < -0.4 is 5.73 Å². The highest BCUT2D eigenvalue weighted by molar-refractivity contribution is 5.25. The Balaban J connectivity index is 2.96. The highest BCUT2D eigenvalue weighted by Gasteiger charge is 2.25. The van der Waals surface area contributed by atoms with Gasteiger partial charge in [-0.15, -0.1) is 0 Å². The Morgan fingerprint density at radius 2 is 2.00 bits per heavy atom. The fourth-order valence-electron chi connectivity index (χ4n) is 1.66. The lowest BCUT2D eigenvalue weighted by atomic mass is 9.88. The van der Waals surface area contributed by atoms with Crippen LogP contribution in [-0.4, -0.2) is 22.2 Å². The number of halogens is 2. The Morgan fingerprint density at radius 3 is 2.44 bits per heavy atom. The molecule has 1 rings (SSSR count). The minimum atomic E-state index is -2.49. The molecule has 0 fully saturated rings. The molecule has 0 aromatic carbocycles. The number of hydrogen-bond donors (Lipinski definition) is 1. The molecular formula is C11H19F2N3. The summed E-state index contributed by atoms with van der Waals surface area (Å²) < 4.78 is 26.4. The van der Waals surface area contributed by atoms with Crippen molar-refractivity contribution in [2.45, 2.75) is 45.1 Å². The molecule has 1 unspecified atom stereocenters. The number of nitrogens with zero attached hydrogens (tertiary/aromatic N) is 2. The van der Waals surface area contributed by atoms with Crippen LogP contribution in [0.4, 0.5) is 8.78 Å². The van der Waals surface area contributed by atoms with E-state index in [-0.39, 0.29) is 11.8 Å². The average Bonchev–Trinajstić information content (AvgIpc) is 2.45. The summed E-state index contributed by atoms with van der Waals surface area (Å²) in [5, 5.41) is 4.31. The average molecular weight is 231 g/mol. The van der Waals surface area contributed by atoms with E-state index in [0.29, 0.717) is 0 Å². The van der Waals surface area contributed by atoms with Gasteiger partial charge < -0.3 is 5.73 Å². The number of rotatable bonds is 3. The largest absolute Gasteiger partial charge is 0.323 e. The number of hydrogen-bond acceptors (Lipinski definition) is 2. The maximum absolute atomic E-state index is 12.4. The molecule has 0 bridgehead atoms. The van der Waals surface area contributed by atoms with Crippen molar-refractivity contribution in [3.05, 3.63) is 17.5 Å². The first kappa shape index (κ1) is 13.1. The predicted octanol–water partition coefficient (Wildman–Crippen LogP) is 1.85. The van der Waals surface area contributed by atoms with Crippen LogP contribution in [0.1, 0.15) is 32.0 Å². The van der Waals surface area contributed by atoms with E-state index < -0.39 is 12.5 Å². The van der Waals surface area contributed by atoms with Crippen molar-refractivity contribution in [2.24, 2.45) is 12.8 Å². The molecule has 16 heavy (non-hydrogen) atoms. The first-order chi connectivity index (χ1) is 7.21. The zero-order valence-corrected chi connectivity index (χ0v) is 10.2. The van der Waals surface area contributed by atoms with Crippen molar-refractivity contribution >= 4 is 0 Å². The summed E-state index contributed by atoms with van der Waals surface area (Å²) in [6, 6.07) is -1.12. The van der Waals surface area contributed by atoms with Crippen LogP contribution in [0.2, 0.25) is 0 Å². The van der Waals surface area contributed by atoms with Gasteiger partial charge in [0, 0.05) is 18.7 Å². The smallest absolute Gasteiger partial charge is 0.253 e. The molecule has 0 aliphatic heterocycles. The molecule has 1 heterocycles. The zero-order chi connectivity index (χ0) is 12.5. The minimum absolute atomic E-state index is 0.154. The van der Waals surface area contributed by atoms with E-state index in [1.165, 1.54) is 0 Å². The van der Waals surface area contributed by atoms with Crippen molar-refractivity contribution < 1.29 is 8.78 Å². The summed E-state index contributed by atoms with van der Waals surface area (Å²) in [5.74, 6) is 0. The Hall–Kier alpha value is -0.970. The van der Waals surface area contributed by atoms with Crippen molar-refractivity contribution in [1.29, 1.82) is 0 Å². The summed E-state index contributed by atoms with van der Waals surface area (Å²) in [6.07, 6.45) is -0.561. The topological polar surface area (TPSA) is 43.8 Å².